The molecule has 0 spiro atoms. The van der Waals surface area contributed by atoms with Gasteiger partial charge in [-0.25, -0.2) is 14.4 Å². The van der Waals surface area contributed by atoms with E-state index in [0.29, 0.717) is 24.8 Å². The minimum absolute atomic E-state index is 0.00545. The van der Waals surface area contributed by atoms with Crippen LogP contribution in [0.5, 0.6) is 0 Å². The number of ketones is 1. The van der Waals surface area contributed by atoms with Crippen molar-refractivity contribution in [1.29, 1.82) is 0 Å². The van der Waals surface area contributed by atoms with Crippen molar-refractivity contribution in [1.82, 2.24) is 20.4 Å². The second-order valence-electron chi connectivity index (χ2n) is 25.5. The summed E-state index contributed by atoms with van der Waals surface area (Å²) in [5.41, 5.74) is 0.285. The second kappa shape index (κ2) is 33.9. The van der Waals surface area contributed by atoms with Crippen molar-refractivity contribution in [3.63, 3.8) is 0 Å². The minimum Gasteiger partial charge on any atom is -0.497 e. The molecule has 14 atom stereocenters. The highest BCUT2D eigenvalue weighted by Gasteiger charge is 2.64. The molecule has 5 aliphatic rings. The van der Waals surface area contributed by atoms with E-state index in [1.54, 1.807) is 60.1 Å². The molecule has 502 valence electrons. The highest BCUT2D eigenvalue weighted by Crippen LogP contribution is 2.50. The molecule has 1 aromatic carbocycles. The molecule has 0 radical (unpaired) electrons. The molecule has 23 nitrogen and oxygen atoms in total. The Kier molecular flexibility index (Phi) is 27.5. The number of likely N-dealkylation sites (N-methyl/N-ethyl adjacent to an activating group) is 2. The summed E-state index contributed by atoms with van der Waals surface area (Å²) in [6.07, 6.45) is 7.63. The number of esters is 1. The van der Waals surface area contributed by atoms with Crippen molar-refractivity contribution >= 4 is 70.2 Å². The molecule has 1 saturated carbocycles. The lowest BCUT2D eigenvalue weighted by Crippen LogP contribution is -2.64. The van der Waals surface area contributed by atoms with Crippen molar-refractivity contribution in [2.24, 2.45) is 35.5 Å². The fourth-order valence-electron chi connectivity index (χ4n) is 12.4. The lowest BCUT2D eigenvalue weighted by Gasteiger charge is -2.43. The van der Waals surface area contributed by atoms with Crippen molar-refractivity contribution in [3.8, 4) is 0 Å². The minimum atomic E-state index is -1.73. The van der Waals surface area contributed by atoms with E-state index in [2.05, 4.69) is 34.3 Å². The van der Waals surface area contributed by atoms with Crippen LogP contribution in [0.15, 0.2) is 53.3 Å². The van der Waals surface area contributed by atoms with Crippen LogP contribution in [-0.4, -0.2) is 169 Å². The van der Waals surface area contributed by atoms with Crippen LogP contribution in [0.1, 0.15) is 157 Å². The van der Waals surface area contributed by atoms with E-state index in [9.17, 15) is 48.6 Å². The van der Waals surface area contributed by atoms with Gasteiger partial charge in [-0.15, -0.1) is 0 Å². The molecule has 8 unspecified atom stereocenters. The predicted molar refractivity (Wildman–Crippen MR) is 340 cm³/mol. The van der Waals surface area contributed by atoms with Gasteiger partial charge in [-0.1, -0.05) is 90.3 Å². The highest BCUT2D eigenvalue weighted by molar-refractivity contribution is 8.13. The number of hydrogen-bond donors (Lipinski definition) is 6. The number of benzene rings is 1. The average Bonchev–Trinajstić information content (AvgIpc) is 1.57. The molecule has 6 amide bonds. The zero-order valence-corrected chi connectivity index (χ0v) is 55.7. The number of carbonyl (C=O) groups excluding carboxylic acids is 8. The monoisotopic (exact) mass is 1280 g/mol. The van der Waals surface area contributed by atoms with Gasteiger partial charge >= 0.3 is 24.2 Å². The smallest absolute Gasteiger partial charge is 0.412 e. The molecular formula is C66H100N6O17S. The first-order valence-electron chi connectivity index (χ1n) is 32.1. The molecule has 3 fully saturated rings. The summed E-state index contributed by atoms with van der Waals surface area (Å²) in [4.78, 5) is 108. The Morgan fingerprint density at radius 1 is 0.878 bits per heavy atom. The van der Waals surface area contributed by atoms with Gasteiger partial charge in [-0.3, -0.25) is 34.6 Å². The number of hydrogen-bond acceptors (Lipinski definition) is 18. The van der Waals surface area contributed by atoms with Gasteiger partial charge in [0.05, 0.1) is 36.6 Å². The number of amides is 6. The number of Topliss-reactive ketones (excluding diaryl/α,β-unsaturated/α-hetero) is 1. The number of aliphatic hydroxyl groups excluding tert-OH is 1. The number of alkyl carbamates (subject to hydrolysis) is 1. The fraction of sp³-hybridized carbons (Fsp3) is 0.697. The number of epoxide rings is 1. The molecule has 2 heterocycles. The van der Waals surface area contributed by atoms with E-state index in [-0.39, 0.29) is 110 Å². The molecule has 24 heteroatoms. The number of rotatable bonds is 21. The van der Waals surface area contributed by atoms with Crippen molar-refractivity contribution in [3.05, 3.63) is 58.9 Å². The van der Waals surface area contributed by atoms with E-state index in [4.69, 9.17) is 33.2 Å². The Morgan fingerprint density at radius 2 is 1.62 bits per heavy atom. The summed E-state index contributed by atoms with van der Waals surface area (Å²) in [5.74, 6) is -3.06. The van der Waals surface area contributed by atoms with Crippen LogP contribution in [0.2, 0.25) is 0 Å². The lowest BCUT2D eigenvalue weighted by atomic mass is 9.73. The van der Waals surface area contributed by atoms with E-state index >= 15 is 0 Å². The van der Waals surface area contributed by atoms with Crippen LogP contribution in [0, 0.1) is 35.5 Å². The van der Waals surface area contributed by atoms with Crippen LogP contribution in [0.3, 0.4) is 0 Å². The van der Waals surface area contributed by atoms with Gasteiger partial charge in [0.1, 0.15) is 48.2 Å². The topological polar surface area (TPSA) is 300 Å². The number of ether oxygens (including phenoxy) is 7. The normalized spacial score (nSPS) is 29.0. The number of methoxy groups -OCH3 is 2. The van der Waals surface area contributed by atoms with Crippen LogP contribution in [-0.2, 0) is 58.9 Å². The number of allylic oxidation sites excluding steroid dienone is 4. The number of carbonyl (C=O) groups is 8. The van der Waals surface area contributed by atoms with E-state index in [1.165, 1.54) is 29.5 Å². The third-order valence-corrected chi connectivity index (χ3v) is 19.7. The molecule has 6 rings (SSSR count). The SMILES string of the molecule is CCC(=O)NCCC(=O)Nc1cc(COC(=O)N(C)CCN(C)C(=O)SCCC(=O)C(C)[C@@H](C)C(=O)O[C@H]2CC(O)C(C)C3CC(=CC(OC)=C3C)CC(C)CCCC(OC)C3(O)C[C@H](OC(=O)N3)[C@@H](C)[C@@H]3O[C@@]23C)ccc1NC(=O)OC1/C=C/CCCCC1. The fourth-order valence-corrected chi connectivity index (χ4v) is 13.2. The van der Waals surface area contributed by atoms with E-state index in [1.807, 2.05) is 32.9 Å². The maximum absolute atomic E-state index is 14.3. The summed E-state index contributed by atoms with van der Waals surface area (Å²) in [5, 5.41) is 34.7. The Hall–Kier alpha value is -6.21. The van der Waals surface area contributed by atoms with E-state index in [0.717, 1.165) is 68.0 Å². The molecule has 0 aromatic heterocycles. The van der Waals surface area contributed by atoms with Gasteiger partial charge in [-0.2, -0.15) is 0 Å². The van der Waals surface area contributed by atoms with Gasteiger partial charge in [0.15, 0.2) is 5.72 Å². The first kappa shape index (κ1) is 72.8. The number of thioether (sulfide) groups is 1. The Balaban J connectivity index is 1.02. The molecule has 90 heavy (non-hydrogen) atoms. The summed E-state index contributed by atoms with van der Waals surface area (Å²) in [6, 6.07) is 4.76. The summed E-state index contributed by atoms with van der Waals surface area (Å²) < 4.78 is 41.6. The molecule has 1 aromatic rings. The lowest BCUT2D eigenvalue weighted by molar-refractivity contribution is -0.162. The van der Waals surface area contributed by atoms with Gasteiger partial charge < -0.3 is 63.8 Å². The molecule has 2 saturated heterocycles. The zero-order valence-electron chi connectivity index (χ0n) is 54.9. The van der Waals surface area contributed by atoms with Crippen molar-refractivity contribution < 1.29 is 81.7 Å². The van der Waals surface area contributed by atoms with Crippen LogP contribution < -0.4 is 21.3 Å². The Morgan fingerprint density at radius 3 is 2.34 bits per heavy atom. The highest BCUT2D eigenvalue weighted by atomic mass is 32.2. The van der Waals surface area contributed by atoms with E-state index < -0.39 is 95.9 Å². The zero-order chi connectivity index (χ0) is 66.0. The summed E-state index contributed by atoms with van der Waals surface area (Å²) >= 11 is 0.927. The molecule has 2 aliphatic heterocycles. The number of nitrogens with zero attached hydrogens (tertiary/aromatic N) is 2. The van der Waals surface area contributed by atoms with Gasteiger partial charge in [0, 0.05) is 90.5 Å². The number of nitrogens with one attached hydrogen (secondary N) is 4. The number of anilines is 2. The largest absolute Gasteiger partial charge is 0.497 e. The van der Waals surface area contributed by atoms with Crippen molar-refractivity contribution in [2.45, 2.75) is 206 Å². The molecular weight excluding hydrogens is 1180 g/mol. The average molecular weight is 1280 g/mol. The first-order valence-corrected chi connectivity index (χ1v) is 33.1. The van der Waals surface area contributed by atoms with Crippen LogP contribution >= 0.6 is 11.8 Å². The Labute approximate surface area is 535 Å². The second-order valence-corrected chi connectivity index (χ2v) is 26.6. The third-order valence-electron chi connectivity index (χ3n) is 18.7. The standard InChI is InChI=1S/C66H100N6O17S/c1-13-57(75)67-28-26-58(76)68-50-34-45(24-25-49(50)69-61(78)86-47-21-17-15-14-16-18-22-47)38-85-63(80)71(9)29-30-72(10)64(81)90-31-27-51(73)40(3)41(4)60(77)88-56-36-52(74)42(5)48-33-46(35-53(83-11)43(48)6)32-39(2)20-19-23-55(84-12)66(82)37-54(87-62(79)70-66)44(7)59-65(56,8)89-59/h17,21,24-25,34-35,39-42,44,47-48,52,54-56,59,74,82H,13-16,18-20,22-23,26-33,36-38H2,1-12H3,(H,67,75)(H,68,76)(H,69,78)(H,70,79)/b21-17+/t39?,40?,41-,42?,44-,47?,48?,52?,54+,55?,56+,59+,65+,66?/m1/s1. The molecule has 6 N–H and O–H groups in total. The van der Waals surface area contributed by atoms with Gasteiger partial charge in [-0.05, 0) is 112 Å². The maximum atomic E-state index is 14.3. The van der Waals surface area contributed by atoms with Crippen molar-refractivity contribution in [2.75, 3.05) is 64.3 Å². The number of aliphatic hydroxyl groups is 2. The number of fused-ring (bicyclic) bond motifs is 5. The van der Waals surface area contributed by atoms with Crippen LogP contribution in [0.4, 0.5) is 30.6 Å². The maximum Gasteiger partial charge on any atom is 0.412 e. The molecule has 4 bridgehead atoms. The summed E-state index contributed by atoms with van der Waals surface area (Å²) in [6.45, 7) is 14.9. The first-order chi connectivity index (χ1) is 42.7. The van der Waals surface area contributed by atoms with Gasteiger partial charge in [0.2, 0.25) is 11.8 Å². The third kappa shape index (κ3) is 20.4. The predicted octanol–water partition coefficient (Wildman–Crippen LogP) is 9.94. The quantitative estimate of drug-likeness (QED) is 0.0289. The molecule has 3 aliphatic carbocycles. The Bertz CT molecular complexity index is 2780. The summed E-state index contributed by atoms with van der Waals surface area (Å²) in [7, 11) is 6.24. The van der Waals surface area contributed by atoms with Crippen LogP contribution in [0.25, 0.3) is 0 Å². The van der Waals surface area contributed by atoms with Gasteiger partial charge in [0.25, 0.3) is 5.24 Å².